The third kappa shape index (κ3) is 4.90. The molecule has 0 aliphatic carbocycles. The molecule has 1 aliphatic rings. The van der Waals surface area contributed by atoms with Crippen molar-refractivity contribution in [2.24, 2.45) is 0 Å². The number of fused-ring (bicyclic) bond motifs is 3. The first-order valence-electron chi connectivity index (χ1n) is 10.4. The van der Waals surface area contributed by atoms with E-state index in [0.717, 1.165) is 23.3 Å². The Morgan fingerprint density at radius 1 is 0.970 bits per heavy atom. The van der Waals surface area contributed by atoms with Gasteiger partial charge in [0.1, 0.15) is 23.7 Å². The Bertz CT molecular complexity index is 1220. The van der Waals surface area contributed by atoms with Crippen molar-refractivity contribution in [3.8, 4) is 11.1 Å². The minimum absolute atomic E-state index is 0.146. The van der Waals surface area contributed by atoms with Gasteiger partial charge in [0.25, 0.3) is 5.91 Å². The molecule has 8 heteroatoms. The Morgan fingerprint density at radius 3 is 2.33 bits per heavy atom. The molecule has 6 nitrogen and oxygen atoms in total. The number of carbonyl (C=O) groups is 3. The zero-order valence-electron chi connectivity index (χ0n) is 17.7. The average molecular weight is 449 g/mol. The first-order valence-corrected chi connectivity index (χ1v) is 10.4. The van der Waals surface area contributed by atoms with Crippen molar-refractivity contribution in [3.05, 3.63) is 89.5 Å². The van der Waals surface area contributed by atoms with Crippen LogP contribution in [0.2, 0.25) is 0 Å². The average Bonchev–Trinajstić information content (AvgIpc) is 2.87. The molecular formula is C25H21F2N3O3. The van der Waals surface area contributed by atoms with Gasteiger partial charge in [0.15, 0.2) is 0 Å². The highest BCUT2D eigenvalue weighted by molar-refractivity contribution is 6.05. The van der Waals surface area contributed by atoms with E-state index in [1.807, 2.05) is 30.3 Å². The first kappa shape index (κ1) is 22.1. The predicted molar refractivity (Wildman–Crippen MR) is 119 cm³/mol. The van der Waals surface area contributed by atoms with Crippen LogP contribution >= 0.6 is 0 Å². The van der Waals surface area contributed by atoms with Crippen molar-refractivity contribution >= 4 is 23.4 Å². The van der Waals surface area contributed by atoms with Crippen LogP contribution in [0, 0.1) is 11.6 Å². The molecule has 3 amide bonds. The second-order valence-corrected chi connectivity index (χ2v) is 7.81. The van der Waals surface area contributed by atoms with E-state index in [1.165, 1.54) is 6.92 Å². The second kappa shape index (κ2) is 9.20. The van der Waals surface area contributed by atoms with Crippen molar-refractivity contribution in [3.63, 3.8) is 0 Å². The van der Waals surface area contributed by atoms with E-state index in [9.17, 15) is 23.2 Å². The Balaban J connectivity index is 1.48. The number of nitrogens with one attached hydrogen (secondary N) is 3. The van der Waals surface area contributed by atoms with E-state index < -0.39 is 41.4 Å². The molecule has 1 unspecified atom stereocenters. The van der Waals surface area contributed by atoms with Crippen molar-refractivity contribution in [1.29, 1.82) is 0 Å². The van der Waals surface area contributed by atoms with Crippen LogP contribution in [0.25, 0.3) is 11.1 Å². The molecule has 0 bridgehead atoms. The molecule has 3 aromatic rings. The quantitative estimate of drug-likeness (QED) is 0.557. The van der Waals surface area contributed by atoms with Gasteiger partial charge in [0, 0.05) is 17.3 Å². The molecule has 168 valence electrons. The second-order valence-electron chi connectivity index (χ2n) is 7.81. The summed E-state index contributed by atoms with van der Waals surface area (Å²) in [6.45, 7) is 1.47. The van der Waals surface area contributed by atoms with Gasteiger partial charge in [-0.25, -0.2) is 8.78 Å². The lowest BCUT2D eigenvalue weighted by molar-refractivity contribution is -0.130. The molecule has 0 fully saturated rings. The fraction of sp³-hybridized carbons (Fsp3) is 0.160. The molecule has 3 N–H and O–H groups in total. The van der Waals surface area contributed by atoms with E-state index >= 15 is 0 Å². The topological polar surface area (TPSA) is 87.3 Å². The third-order valence-electron chi connectivity index (χ3n) is 5.35. The minimum atomic E-state index is -0.985. The molecule has 0 radical (unpaired) electrons. The summed E-state index contributed by atoms with van der Waals surface area (Å²) in [6, 6.07) is 15.5. The van der Waals surface area contributed by atoms with Crippen molar-refractivity contribution in [2.75, 3.05) is 5.32 Å². The number of hydrogen-bond acceptors (Lipinski definition) is 3. The number of anilines is 1. The van der Waals surface area contributed by atoms with Gasteiger partial charge in [0.05, 0.1) is 6.42 Å². The largest absolute Gasteiger partial charge is 0.344 e. The fourth-order valence-electron chi connectivity index (χ4n) is 3.83. The summed E-state index contributed by atoms with van der Waals surface area (Å²) in [4.78, 5) is 38.1. The molecule has 0 saturated carbocycles. The van der Waals surface area contributed by atoms with Gasteiger partial charge in [-0.1, -0.05) is 42.5 Å². The summed E-state index contributed by atoms with van der Waals surface area (Å²) in [6.07, 6.45) is -0.297. The van der Waals surface area contributed by atoms with Gasteiger partial charge in [-0.05, 0) is 41.8 Å². The summed E-state index contributed by atoms with van der Waals surface area (Å²) < 4.78 is 26.7. The highest BCUT2D eigenvalue weighted by atomic mass is 19.1. The van der Waals surface area contributed by atoms with Crippen LogP contribution in [-0.2, 0) is 20.8 Å². The monoisotopic (exact) mass is 449 g/mol. The molecule has 1 heterocycles. The molecule has 0 saturated heterocycles. The lowest BCUT2D eigenvalue weighted by Gasteiger charge is -2.21. The fourth-order valence-corrected chi connectivity index (χ4v) is 3.83. The van der Waals surface area contributed by atoms with Crippen molar-refractivity contribution in [2.45, 2.75) is 25.4 Å². The molecular weight excluding hydrogens is 428 g/mol. The summed E-state index contributed by atoms with van der Waals surface area (Å²) in [5.41, 5.74) is 3.05. The van der Waals surface area contributed by atoms with E-state index in [1.54, 1.807) is 18.2 Å². The standard InChI is InChI=1S/C25H21F2N3O3/c1-14(28-22(31)12-15-10-16(26)13-17(27)11-15)24(32)30-23-20-8-3-2-6-18(20)19-7-4-5-9-21(19)29-25(23)33/h2-11,13-14,23H,12H2,1H3,(H,28,31)(H,29,33)(H,30,32)/t14-,23?/m0/s1. The lowest BCUT2D eigenvalue weighted by Crippen LogP contribution is -2.48. The smallest absolute Gasteiger partial charge is 0.251 e. The maximum absolute atomic E-state index is 13.3. The molecule has 33 heavy (non-hydrogen) atoms. The lowest BCUT2D eigenvalue weighted by atomic mass is 9.95. The Kier molecular flexibility index (Phi) is 6.17. The number of carbonyl (C=O) groups excluding carboxylic acids is 3. The third-order valence-corrected chi connectivity index (χ3v) is 5.35. The number of rotatable bonds is 5. The van der Waals surface area contributed by atoms with Crippen LogP contribution < -0.4 is 16.0 Å². The maximum Gasteiger partial charge on any atom is 0.251 e. The molecule has 4 rings (SSSR count). The maximum atomic E-state index is 13.3. The SMILES string of the molecule is C[C@H](NC(=O)Cc1cc(F)cc(F)c1)C(=O)NC1C(=O)Nc2ccccc2-c2ccccc21. The van der Waals surface area contributed by atoms with E-state index in [0.29, 0.717) is 17.3 Å². The Labute approximate surface area is 189 Å². The highest BCUT2D eigenvalue weighted by Gasteiger charge is 2.31. The number of amides is 3. The van der Waals surface area contributed by atoms with Crippen LogP contribution in [0.15, 0.2) is 66.7 Å². The zero-order chi connectivity index (χ0) is 23.5. The number of halogens is 2. The number of benzene rings is 3. The van der Waals surface area contributed by atoms with Gasteiger partial charge in [0.2, 0.25) is 11.8 Å². The first-order chi connectivity index (χ1) is 15.8. The molecule has 2 atom stereocenters. The molecule has 0 spiro atoms. The highest BCUT2D eigenvalue weighted by Crippen LogP contribution is 2.37. The van der Waals surface area contributed by atoms with Gasteiger partial charge in [-0.15, -0.1) is 0 Å². The van der Waals surface area contributed by atoms with E-state index in [2.05, 4.69) is 16.0 Å². The molecule has 1 aliphatic heterocycles. The summed E-state index contributed by atoms with van der Waals surface area (Å²) >= 11 is 0. The number of para-hydroxylation sites is 1. The van der Waals surface area contributed by atoms with Gasteiger partial charge in [-0.2, -0.15) is 0 Å². The zero-order valence-corrected chi connectivity index (χ0v) is 17.7. The van der Waals surface area contributed by atoms with Crippen molar-refractivity contribution in [1.82, 2.24) is 10.6 Å². The molecule has 3 aromatic carbocycles. The summed E-state index contributed by atoms with van der Waals surface area (Å²) in [5, 5.41) is 8.04. The van der Waals surface area contributed by atoms with Gasteiger partial charge < -0.3 is 16.0 Å². The molecule has 0 aromatic heterocycles. The van der Waals surface area contributed by atoms with Crippen LogP contribution in [0.5, 0.6) is 0 Å². The van der Waals surface area contributed by atoms with Gasteiger partial charge >= 0.3 is 0 Å². The number of hydrogen-bond donors (Lipinski definition) is 3. The Morgan fingerprint density at radius 2 is 1.61 bits per heavy atom. The summed E-state index contributed by atoms with van der Waals surface area (Å²) in [5.74, 6) is -3.14. The van der Waals surface area contributed by atoms with E-state index in [-0.39, 0.29) is 12.0 Å². The Hall–Kier alpha value is -4.07. The van der Waals surface area contributed by atoms with Crippen LogP contribution in [-0.4, -0.2) is 23.8 Å². The van der Waals surface area contributed by atoms with Crippen LogP contribution in [0.3, 0.4) is 0 Å². The van der Waals surface area contributed by atoms with E-state index in [4.69, 9.17) is 0 Å². The van der Waals surface area contributed by atoms with Crippen LogP contribution in [0.1, 0.15) is 24.1 Å². The predicted octanol–water partition coefficient (Wildman–Crippen LogP) is 3.49. The van der Waals surface area contributed by atoms with Crippen molar-refractivity contribution < 1.29 is 23.2 Å². The minimum Gasteiger partial charge on any atom is -0.344 e. The summed E-state index contributed by atoms with van der Waals surface area (Å²) in [7, 11) is 0. The van der Waals surface area contributed by atoms with Crippen LogP contribution in [0.4, 0.5) is 14.5 Å². The normalized spacial score (nSPS) is 15.4. The van der Waals surface area contributed by atoms with Gasteiger partial charge in [-0.3, -0.25) is 14.4 Å².